The third-order valence-electron chi connectivity index (χ3n) is 4.28. The number of rotatable bonds is 5. The number of hydrogen-bond donors (Lipinski definition) is 1. The summed E-state index contributed by atoms with van der Waals surface area (Å²) in [5, 5.41) is 3.59. The smallest absolute Gasteiger partial charge is 0.0507 e. The van der Waals surface area contributed by atoms with Gasteiger partial charge in [-0.15, -0.1) is 0 Å². The standard InChI is InChI=1S/C14H28N2O/c1-12-3-4-13(2)16(10-12)7-6-15-9-14-5-8-17-11-14/h12-15H,3-11H2,1-2H3. The van der Waals surface area contributed by atoms with Crippen LogP contribution in [0.15, 0.2) is 0 Å². The zero-order chi connectivity index (χ0) is 12.1. The number of ether oxygens (including phenoxy) is 1. The summed E-state index contributed by atoms with van der Waals surface area (Å²) in [6.07, 6.45) is 4.02. The lowest BCUT2D eigenvalue weighted by Gasteiger charge is -2.36. The van der Waals surface area contributed by atoms with E-state index in [1.54, 1.807) is 0 Å². The molecule has 2 aliphatic rings. The molecular formula is C14H28N2O. The van der Waals surface area contributed by atoms with E-state index < -0.39 is 0 Å². The Labute approximate surface area is 106 Å². The van der Waals surface area contributed by atoms with E-state index >= 15 is 0 Å². The maximum Gasteiger partial charge on any atom is 0.0507 e. The number of nitrogens with zero attached hydrogens (tertiary/aromatic N) is 1. The van der Waals surface area contributed by atoms with E-state index in [4.69, 9.17) is 4.74 Å². The lowest BCUT2D eigenvalue weighted by Crippen LogP contribution is -2.44. The molecule has 0 aromatic rings. The molecule has 17 heavy (non-hydrogen) atoms. The summed E-state index contributed by atoms with van der Waals surface area (Å²) in [6, 6.07) is 0.780. The topological polar surface area (TPSA) is 24.5 Å². The molecule has 0 spiro atoms. The van der Waals surface area contributed by atoms with Crippen LogP contribution in [0.1, 0.15) is 33.1 Å². The zero-order valence-electron chi connectivity index (χ0n) is 11.5. The van der Waals surface area contributed by atoms with Crippen molar-refractivity contribution in [3.05, 3.63) is 0 Å². The van der Waals surface area contributed by atoms with Crippen molar-refractivity contribution in [2.24, 2.45) is 11.8 Å². The Balaban J connectivity index is 1.57. The van der Waals surface area contributed by atoms with Crippen molar-refractivity contribution >= 4 is 0 Å². The molecule has 0 amide bonds. The predicted octanol–water partition coefficient (Wildman–Crippen LogP) is 1.73. The van der Waals surface area contributed by atoms with Crippen LogP contribution in [0.3, 0.4) is 0 Å². The largest absolute Gasteiger partial charge is 0.381 e. The van der Waals surface area contributed by atoms with Gasteiger partial charge in [0, 0.05) is 38.8 Å². The Kier molecular flexibility index (Phi) is 5.26. The van der Waals surface area contributed by atoms with Crippen molar-refractivity contribution in [3.8, 4) is 0 Å². The van der Waals surface area contributed by atoms with Gasteiger partial charge in [0.15, 0.2) is 0 Å². The lowest BCUT2D eigenvalue weighted by molar-refractivity contribution is 0.125. The molecule has 2 aliphatic heterocycles. The summed E-state index contributed by atoms with van der Waals surface area (Å²) in [5.41, 5.74) is 0. The summed E-state index contributed by atoms with van der Waals surface area (Å²) < 4.78 is 5.38. The van der Waals surface area contributed by atoms with Gasteiger partial charge in [0.1, 0.15) is 0 Å². The summed E-state index contributed by atoms with van der Waals surface area (Å²) in [6.45, 7) is 11.4. The summed E-state index contributed by atoms with van der Waals surface area (Å²) in [5.74, 6) is 1.64. The maximum atomic E-state index is 5.38. The van der Waals surface area contributed by atoms with Crippen LogP contribution in [0, 0.1) is 11.8 Å². The van der Waals surface area contributed by atoms with Crippen molar-refractivity contribution in [1.82, 2.24) is 10.2 Å². The molecule has 0 aromatic carbocycles. The summed E-state index contributed by atoms with van der Waals surface area (Å²) in [7, 11) is 0. The molecule has 0 bridgehead atoms. The average Bonchev–Trinajstić information content (AvgIpc) is 2.82. The first kappa shape index (κ1) is 13.3. The van der Waals surface area contributed by atoms with Crippen LogP contribution < -0.4 is 5.32 Å². The van der Waals surface area contributed by atoms with Crippen molar-refractivity contribution in [3.63, 3.8) is 0 Å². The van der Waals surface area contributed by atoms with Crippen LogP contribution in [-0.2, 0) is 4.74 Å². The minimum Gasteiger partial charge on any atom is -0.381 e. The first-order valence-electron chi connectivity index (χ1n) is 7.28. The fourth-order valence-electron chi connectivity index (χ4n) is 2.96. The van der Waals surface area contributed by atoms with Gasteiger partial charge in [-0.2, -0.15) is 0 Å². The molecule has 2 rings (SSSR count). The van der Waals surface area contributed by atoms with Crippen LogP contribution in [-0.4, -0.2) is 50.3 Å². The van der Waals surface area contributed by atoms with E-state index in [-0.39, 0.29) is 0 Å². The lowest BCUT2D eigenvalue weighted by atomic mass is 9.95. The molecule has 0 aliphatic carbocycles. The normalized spacial score (nSPS) is 35.3. The second-order valence-electron chi connectivity index (χ2n) is 5.96. The third-order valence-corrected chi connectivity index (χ3v) is 4.28. The van der Waals surface area contributed by atoms with Gasteiger partial charge in [0.25, 0.3) is 0 Å². The van der Waals surface area contributed by atoms with Gasteiger partial charge in [-0.25, -0.2) is 0 Å². The highest BCUT2D eigenvalue weighted by molar-refractivity contribution is 4.77. The molecule has 3 atom stereocenters. The molecule has 100 valence electrons. The Morgan fingerprint density at radius 2 is 2.12 bits per heavy atom. The third kappa shape index (κ3) is 4.23. The molecule has 2 saturated heterocycles. The minimum absolute atomic E-state index is 0.757. The van der Waals surface area contributed by atoms with Crippen LogP contribution >= 0.6 is 0 Å². The Hall–Kier alpha value is -0.120. The van der Waals surface area contributed by atoms with Gasteiger partial charge < -0.3 is 10.1 Å². The number of likely N-dealkylation sites (tertiary alicyclic amines) is 1. The predicted molar refractivity (Wildman–Crippen MR) is 71.2 cm³/mol. The highest BCUT2D eigenvalue weighted by Crippen LogP contribution is 2.20. The SMILES string of the molecule is CC1CCC(C)N(CCNCC2CCOC2)C1. The van der Waals surface area contributed by atoms with Gasteiger partial charge in [-0.05, 0) is 38.0 Å². The van der Waals surface area contributed by atoms with Gasteiger partial charge in [0.2, 0.25) is 0 Å². The Morgan fingerprint density at radius 1 is 1.24 bits per heavy atom. The van der Waals surface area contributed by atoms with Gasteiger partial charge >= 0.3 is 0 Å². The van der Waals surface area contributed by atoms with Crippen molar-refractivity contribution in [2.45, 2.75) is 39.2 Å². The molecule has 2 fully saturated rings. The molecule has 2 heterocycles. The first-order valence-corrected chi connectivity index (χ1v) is 7.28. The van der Waals surface area contributed by atoms with Crippen LogP contribution in [0.25, 0.3) is 0 Å². The molecule has 3 nitrogen and oxygen atoms in total. The van der Waals surface area contributed by atoms with E-state index in [2.05, 4.69) is 24.1 Å². The fourth-order valence-corrected chi connectivity index (χ4v) is 2.96. The highest BCUT2D eigenvalue weighted by Gasteiger charge is 2.22. The summed E-state index contributed by atoms with van der Waals surface area (Å²) in [4.78, 5) is 2.65. The molecule has 0 radical (unpaired) electrons. The molecule has 3 unspecified atom stereocenters. The molecule has 1 N–H and O–H groups in total. The van der Waals surface area contributed by atoms with Crippen LogP contribution in [0.4, 0.5) is 0 Å². The van der Waals surface area contributed by atoms with Gasteiger partial charge in [-0.3, -0.25) is 4.90 Å². The Bertz CT molecular complexity index is 216. The second-order valence-corrected chi connectivity index (χ2v) is 5.96. The molecule has 3 heteroatoms. The molecular weight excluding hydrogens is 212 g/mol. The Morgan fingerprint density at radius 3 is 2.88 bits per heavy atom. The monoisotopic (exact) mass is 240 g/mol. The molecule has 0 saturated carbocycles. The van der Waals surface area contributed by atoms with Crippen molar-refractivity contribution in [1.29, 1.82) is 0 Å². The maximum absolute atomic E-state index is 5.38. The van der Waals surface area contributed by atoms with Crippen molar-refractivity contribution in [2.75, 3.05) is 39.4 Å². The fraction of sp³-hybridized carbons (Fsp3) is 1.00. The molecule has 0 aromatic heterocycles. The number of piperidine rings is 1. The van der Waals surface area contributed by atoms with E-state index in [1.165, 1.54) is 32.4 Å². The second kappa shape index (κ2) is 6.72. The van der Waals surface area contributed by atoms with E-state index in [0.717, 1.165) is 44.2 Å². The zero-order valence-corrected chi connectivity index (χ0v) is 11.5. The van der Waals surface area contributed by atoms with E-state index in [9.17, 15) is 0 Å². The van der Waals surface area contributed by atoms with E-state index in [0.29, 0.717) is 0 Å². The van der Waals surface area contributed by atoms with Crippen LogP contribution in [0.2, 0.25) is 0 Å². The minimum atomic E-state index is 0.757. The van der Waals surface area contributed by atoms with Gasteiger partial charge in [-0.1, -0.05) is 6.92 Å². The summed E-state index contributed by atoms with van der Waals surface area (Å²) >= 11 is 0. The number of nitrogens with one attached hydrogen (secondary N) is 1. The quantitative estimate of drug-likeness (QED) is 0.741. The average molecular weight is 240 g/mol. The van der Waals surface area contributed by atoms with Gasteiger partial charge in [0.05, 0.1) is 6.61 Å². The van der Waals surface area contributed by atoms with Crippen LogP contribution in [0.5, 0.6) is 0 Å². The first-order chi connectivity index (χ1) is 8.25. The number of hydrogen-bond acceptors (Lipinski definition) is 3. The highest BCUT2D eigenvalue weighted by atomic mass is 16.5. The van der Waals surface area contributed by atoms with Crippen molar-refractivity contribution < 1.29 is 4.74 Å². The van der Waals surface area contributed by atoms with E-state index in [1.807, 2.05) is 0 Å².